The lowest BCUT2D eigenvalue weighted by molar-refractivity contribution is -0.385. The van der Waals surface area contributed by atoms with E-state index in [1.165, 1.54) is 18.0 Å². The topological polar surface area (TPSA) is 105 Å². The Morgan fingerprint density at radius 2 is 2.07 bits per heavy atom. The fourth-order valence-electron chi connectivity index (χ4n) is 4.10. The summed E-state index contributed by atoms with van der Waals surface area (Å²) in [5.41, 5.74) is -0.492. The van der Waals surface area contributed by atoms with Gasteiger partial charge < -0.3 is 15.0 Å². The van der Waals surface area contributed by atoms with E-state index < -0.39 is 16.5 Å². The van der Waals surface area contributed by atoms with Gasteiger partial charge in [-0.25, -0.2) is 0 Å². The molecule has 1 N–H and O–H groups in total. The van der Waals surface area contributed by atoms with Crippen LogP contribution in [0.15, 0.2) is 6.07 Å². The highest BCUT2D eigenvalue weighted by molar-refractivity contribution is 6.34. The van der Waals surface area contributed by atoms with Gasteiger partial charge in [-0.15, -0.1) is 12.4 Å². The molecule has 0 radical (unpaired) electrons. The maximum absolute atomic E-state index is 13.0. The highest BCUT2D eigenvalue weighted by Gasteiger charge is 2.39. The van der Waals surface area contributed by atoms with Crippen molar-refractivity contribution in [1.29, 1.82) is 0 Å². The van der Waals surface area contributed by atoms with Gasteiger partial charge in [-0.3, -0.25) is 24.6 Å². The lowest BCUT2D eigenvalue weighted by atomic mass is 9.86. The zero-order valence-electron chi connectivity index (χ0n) is 15.1. The molecule has 0 spiro atoms. The van der Waals surface area contributed by atoms with Gasteiger partial charge in [0.15, 0.2) is 17.9 Å². The van der Waals surface area contributed by atoms with E-state index in [1.54, 1.807) is 0 Å². The first-order valence-electron chi connectivity index (χ1n) is 8.82. The van der Waals surface area contributed by atoms with Crippen molar-refractivity contribution in [3.05, 3.63) is 26.8 Å². The molecule has 1 unspecified atom stereocenters. The summed E-state index contributed by atoms with van der Waals surface area (Å²) in [5, 5.41) is 14.3. The van der Waals surface area contributed by atoms with Crippen molar-refractivity contribution in [1.82, 2.24) is 10.2 Å². The Hall–Kier alpha value is -2.10. The van der Waals surface area contributed by atoms with Gasteiger partial charge >= 0.3 is 5.69 Å². The standard InChI is InChI=1S/C17H19ClN4O5.ClH/c1-20-11-7-10(18)15(22(25)26)14(16(11)27-8-13(20)23)17(24)19-12-6-9-2-4-21(12)5-3-9;/h7,9,12H,2-6,8H2,1H3,(H,19,24);1H. The molecule has 3 saturated heterocycles. The molecule has 5 rings (SSSR count). The minimum Gasteiger partial charge on any atom is -0.480 e. The van der Waals surface area contributed by atoms with Crippen LogP contribution in [0.25, 0.3) is 0 Å². The third-order valence-corrected chi connectivity index (χ3v) is 5.90. The first-order valence-corrected chi connectivity index (χ1v) is 9.19. The molecule has 4 aliphatic rings. The van der Waals surface area contributed by atoms with Crippen molar-refractivity contribution < 1.29 is 19.2 Å². The minimum absolute atomic E-state index is 0. The van der Waals surface area contributed by atoms with Crippen LogP contribution in [-0.4, -0.2) is 54.5 Å². The van der Waals surface area contributed by atoms with E-state index >= 15 is 0 Å². The van der Waals surface area contributed by atoms with Gasteiger partial charge in [-0.05, 0) is 31.2 Å². The van der Waals surface area contributed by atoms with Crippen LogP contribution in [0.5, 0.6) is 5.75 Å². The van der Waals surface area contributed by atoms with Gasteiger partial charge in [-0.2, -0.15) is 0 Å². The summed E-state index contributed by atoms with van der Waals surface area (Å²) in [4.78, 5) is 39.3. The molecule has 1 aromatic rings. The minimum atomic E-state index is -0.690. The molecule has 0 saturated carbocycles. The predicted molar refractivity (Wildman–Crippen MR) is 104 cm³/mol. The number of carbonyl (C=O) groups excluding carboxylic acids is 2. The Bertz CT molecular complexity index is 841. The van der Waals surface area contributed by atoms with Gasteiger partial charge in [0, 0.05) is 20.1 Å². The number of halogens is 2. The molecule has 28 heavy (non-hydrogen) atoms. The number of carbonyl (C=O) groups is 2. The average molecular weight is 431 g/mol. The van der Waals surface area contributed by atoms with Crippen LogP contribution >= 0.6 is 24.0 Å². The first-order chi connectivity index (χ1) is 12.9. The molecule has 2 bridgehead atoms. The molecular weight excluding hydrogens is 411 g/mol. The van der Waals surface area contributed by atoms with Crippen LogP contribution in [0.3, 0.4) is 0 Å². The molecule has 152 valence electrons. The molecule has 4 heterocycles. The normalized spacial score (nSPS) is 25.4. The number of nitro groups is 1. The van der Waals surface area contributed by atoms with Crippen molar-refractivity contribution in [2.24, 2.45) is 5.92 Å². The lowest BCUT2D eigenvalue weighted by Gasteiger charge is -2.45. The SMILES string of the molecule is CN1C(=O)COc2c1cc(Cl)c([N+](=O)[O-])c2C(=O)NC1CC2CCN1CC2.Cl. The Balaban J connectivity index is 0.00000225. The number of anilines is 1. The largest absolute Gasteiger partial charge is 0.480 e. The molecule has 3 fully saturated rings. The molecule has 9 nitrogen and oxygen atoms in total. The summed E-state index contributed by atoms with van der Waals surface area (Å²) < 4.78 is 5.43. The van der Waals surface area contributed by atoms with Gasteiger partial charge in [0.25, 0.3) is 11.8 Å². The predicted octanol–water partition coefficient (Wildman–Crippen LogP) is 2.20. The second-order valence-electron chi connectivity index (χ2n) is 7.13. The number of hydrogen-bond donors (Lipinski definition) is 1. The summed E-state index contributed by atoms with van der Waals surface area (Å²) in [6.45, 7) is 1.51. The lowest BCUT2D eigenvalue weighted by Crippen LogP contribution is -2.56. The first kappa shape index (κ1) is 20.6. The quantitative estimate of drug-likeness (QED) is 0.581. The Morgan fingerprint density at radius 1 is 1.39 bits per heavy atom. The number of amides is 2. The van der Waals surface area contributed by atoms with E-state index in [4.69, 9.17) is 16.3 Å². The number of ether oxygens (including phenoxy) is 1. The van der Waals surface area contributed by atoms with Crippen LogP contribution in [0.4, 0.5) is 11.4 Å². The molecule has 1 atom stereocenters. The number of fused-ring (bicyclic) bond motifs is 4. The molecule has 4 aliphatic heterocycles. The second-order valence-corrected chi connectivity index (χ2v) is 7.54. The number of likely N-dealkylation sites (N-methyl/N-ethyl adjacent to an activating group) is 1. The fraction of sp³-hybridized carbons (Fsp3) is 0.529. The molecular formula is C17H20Cl2N4O5. The Morgan fingerprint density at radius 3 is 2.64 bits per heavy atom. The van der Waals surface area contributed by atoms with Crippen molar-refractivity contribution in [2.45, 2.75) is 25.4 Å². The highest BCUT2D eigenvalue weighted by atomic mass is 35.5. The maximum Gasteiger partial charge on any atom is 0.304 e. The summed E-state index contributed by atoms with van der Waals surface area (Å²) >= 11 is 6.10. The molecule has 11 heteroatoms. The van der Waals surface area contributed by atoms with Crippen molar-refractivity contribution in [3.8, 4) is 5.75 Å². The van der Waals surface area contributed by atoms with E-state index in [-0.39, 0.29) is 53.1 Å². The van der Waals surface area contributed by atoms with Crippen molar-refractivity contribution in [3.63, 3.8) is 0 Å². The maximum atomic E-state index is 13.0. The van der Waals surface area contributed by atoms with Crippen molar-refractivity contribution >= 4 is 47.2 Å². The highest BCUT2D eigenvalue weighted by Crippen LogP contribution is 2.44. The van der Waals surface area contributed by atoms with E-state index in [1.807, 2.05) is 0 Å². The zero-order chi connectivity index (χ0) is 19.3. The van der Waals surface area contributed by atoms with Crippen LogP contribution in [0.2, 0.25) is 5.02 Å². The fourth-order valence-corrected chi connectivity index (χ4v) is 4.36. The molecule has 0 aliphatic carbocycles. The molecule has 2 amide bonds. The van der Waals surface area contributed by atoms with E-state index in [0.717, 1.165) is 32.4 Å². The van der Waals surface area contributed by atoms with Gasteiger partial charge in [0.05, 0.1) is 16.8 Å². The van der Waals surface area contributed by atoms with E-state index in [2.05, 4.69) is 10.2 Å². The number of hydrogen-bond acceptors (Lipinski definition) is 6. The Kier molecular flexibility index (Phi) is 5.69. The van der Waals surface area contributed by atoms with Gasteiger partial charge in [0.1, 0.15) is 5.02 Å². The number of nitrogens with one attached hydrogen (secondary N) is 1. The van der Waals surface area contributed by atoms with Gasteiger partial charge in [-0.1, -0.05) is 11.6 Å². The van der Waals surface area contributed by atoms with Gasteiger partial charge in [0.2, 0.25) is 0 Å². The van der Waals surface area contributed by atoms with Crippen molar-refractivity contribution in [2.75, 3.05) is 31.6 Å². The number of rotatable bonds is 3. The summed E-state index contributed by atoms with van der Waals surface area (Å²) in [6.07, 6.45) is 2.87. The van der Waals surface area contributed by atoms with E-state index in [9.17, 15) is 19.7 Å². The monoisotopic (exact) mass is 430 g/mol. The average Bonchev–Trinajstić information content (AvgIpc) is 2.65. The number of nitrogens with zero attached hydrogens (tertiary/aromatic N) is 3. The van der Waals surface area contributed by atoms with Crippen LogP contribution in [0.1, 0.15) is 29.6 Å². The molecule has 1 aromatic carbocycles. The zero-order valence-corrected chi connectivity index (χ0v) is 16.7. The summed E-state index contributed by atoms with van der Waals surface area (Å²) in [6, 6.07) is 1.29. The van der Waals surface area contributed by atoms with Crippen LogP contribution < -0.4 is 15.0 Å². The Labute approximate surface area is 172 Å². The van der Waals surface area contributed by atoms with E-state index in [0.29, 0.717) is 5.92 Å². The third kappa shape index (κ3) is 3.38. The smallest absolute Gasteiger partial charge is 0.304 e. The van der Waals surface area contributed by atoms with Crippen LogP contribution in [-0.2, 0) is 4.79 Å². The molecule has 0 aromatic heterocycles. The number of piperidine rings is 3. The third-order valence-electron chi connectivity index (χ3n) is 5.62. The summed E-state index contributed by atoms with van der Waals surface area (Å²) in [7, 11) is 1.51. The van der Waals surface area contributed by atoms with Crippen LogP contribution in [0, 0.1) is 16.0 Å². The number of nitro benzene ring substituents is 1. The second kappa shape index (κ2) is 7.73. The summed E-state index contributed by atoms with van der Waals surface area (Å²) in [5.74, 6) is -0.361. The number of benzene rings is 1.